The van der Waals surface area contributed by atoms with Gasteiger partial charge in [0.05, 0.1) is 18.6 Å². The number of para-hydroxylation sites is 1. The second-order valence-electron chi connectivity index (χ2n) is 7.15. The summed E-state index contributed by atoms with van der Waals surface area (Å²) >= 11 is 0. The van der Waals surface area contributed by atoms with E-state index in [0.29, 0.717) is 18.7 Å². The predicted octanol–water partition coefficient (Wildman–Crippen LogP) is 2.01. The van der Waals surface area contributed by atoms with Crippen molar-refractivity contribution in [2.24, 2.45) is 27.6 Å². The molecule has 0 aliphatic rings. The lowest BCUT2D eigenvalue weighted by atomic mass is 10.1. The molecule has 32 heavy (non-hydrogen) atoms. The number of nitrogens with two attached hydrogens (primary N) is 3. The third-order valence-electron chi connectivity index (χ3n) is 4.48. The number of nitrogens with one attached hydrogen (secondary N) is 1. The van der Waals surface area contributed by atoms with Gasteiger partial charge < -0.3 is 32.4 Å². The van der Waals surface area contributed by atoms with E-state index in [2.05, 4.69) is 20.5 Å². The molecule has 0 bridgehead atoms. The number of aliphatic hydroxyl groups is 1. The zero-order chi connectivity index (χ0) is 23.5. The summed E-state index contributed by atoms with van der Waals surface area (Å²) < 4.78 is 5.27. The Morgan fingerprint density at radius 2 is 1.88 bits per heavy atom. The second kappa shape index (κ2) is 12.4. The van der Waals surface area contributed by atoms with E-state index in [1.165, 1.54) is 6.07 Å². The third-order valence-corrected chi connectivity index (χ3v) is 4.48. The van der Waals surface area contributed by atoms with Crippen molar-refractivity contribution in [2.45, 2.75) is 32.2 Å². The molecule has 0 saturated heterocycles. The summed E-state index contributed by atoms with van der Waals surface area (Å²) in [5.41, 5.74) is 17.8. The number of carbonyl (C=O) groups excluding carboxylic acids is 2. The van der Waals surface area contributed by atoms with Gasteiger partial charge >= 0.3 is 5.97 Å². The largest absolute Gasteiger partial charge is 0.424 e. The van der Waals surface area contributed by atoms with Gasteiger partial charge in [0, 0.05) is 0 Å². The molecule has 2 rings (SSSR count). The zero-order valence-electron chi connectivity index (χ0n) is 17.9. The number of hydrogen-bond acceptors (Lipinski definition) is 10. The molecule has 8 N–H and O–H groups in total. The van der Waals surface area contributed by atoms with E-state index in [1.54, 1.807) is 37.3 Å². The Morgan fingerprint density at radius 3 is 2.56 bits per heavy atom. The summed E-state index contributed by atoms with van der Waals surface area (Å²) in [6.07, 6.45) is 2.08. The van der Waals surface area contributed by atoms with E-state index in [-0.39, 0.29) is 35.6 Å². The maximum Gasteiger partial charge on any atom is 0.316 e. The summed E-state index contributed by atoms with van der Waals surface area (Å²) in [5, 5.41) is 19.9. The molecule has 0 unspecified atom stereocenters. The van der Waals surface area contributed by atoms with E-state index in [9.17, 15) is 9.59 Å². The van der Waals surface area contributed by atoms with Crippen molar-refractivity contribution in [3.63, 3.8) is 0 Å². The number of rotatable bonds is 11. The SMILES string of the molecule is C[C@@H](CO)C(=O)Oc1ccccc1/N=N/c1ccc(NC(=O)[C@@H](N)CCCCN)nc1N. The van der Waals surface area contributed by atoms with E-state index < -0.39 is 17.9 Å². The normalized spacial score (nSPS) is 13.0. The van der Waals surface area contributed by atoms with Crippen LogP contribution in [0.4, 0.5) is 23.0 Å². The molecule has 2 atom stereocenters. The summed E-state index contributed by atoms with van der Waals surface area (Å²) in [6, 6.07) is 8.97. The number of ether oxygens (including phenoxy) is 1. The van der Waals surface area contributed by atoms with Crippen LogP contribution in [0, 0.1) is 5.92 Å². The minimum absolute atomic E-state index is 0.0478. The molecule has 0 aliphatic carbocycles. The Balaban J connectivity index is 2.07. The molecule has 172 valence electrons. The summed E-state index contributed by atoms with van der Waals surface area (Å²) in [7, 11) is 0. The second-order valence-corrected chi connectivity index (χ2v) is 7.15. The van der Waals surface area contributed by atoms with Gasteiger partial charge in [-0.2, -0.15) is 0 Å². The fraction of sp³-hybridized carbons (Fsp3) is 0.381. The van der Waals surface area contributed by atoms with Gasteiger partial charge in [-0.3, -0.25) is 9.59 Å². The first-order valence-electron chi connectivity index (χ1n) is 10.2. The molecule has 0 radical (unpaired) electrons. The number of aliphatic hydroxyl groups excluding tert-OH is 1. The topological polar surface area (TPSA) is 191 Å². The fourth-order valence-corrected chi connectivity index (χ4v) is 2.50. The van der Waals surface area contributed by atoms with Crippen LogP contribution in [0.3, 0.4) is 0 Å². The summed E-state index contributed by atoms with van der Waals surface area (Å²) in [6.45, 7) is 1.77. The highest BCUT2D eigenvalue weighted by atomic mass is 16.5. The molecule has 1 aromatic carbocycles. The number of pyridine rings is 1. The fourth-order valence-electron chi connectivity index (χ4n) is 2.50. The Labute approximate surface area is 186 Å². The Hall–Kier alpha value is -3.41. The van der Waals surface area contributed by atoms with Gasteiger partial charge in [0.1, 0.15) is 17.2 Å². The van der Waals surface area contributed by atoms with Crippen LogP contribution in [0.25, 0.3) is 0 Å². The van der Waals surface area contributed by atoms with E-state index in [0.717, 1.165) is 12.8 Å². The molecule has 0 spiro atoms. The van der Waals surface area contributed by atoms with E-state index in [4.69, 9.17) is 27.0 Å². The van der Waals surface area contributed by atoms with Crippen molar-refractivity contribution >= 4 is 34.9 Å². The number of amides is 1. The van der Waals surface area contributed by atoms with E-state index >= 15 is 0 Å². The molecule has 2 aromatic rings. The van der Waals surface area contributed by atoms with E-state index in [1.807, 2.05) is 0 Å². The minimum Gasteiger partial charge on any atom is -0.424 e. The van der Waals surface area contributed by atoms with Gasteiger partial charge in [-0.05, 0) is 50.6 Å². The van der Waals surface area contributed by atoms with Crippen LogP contribution in [0.15, 0.2) is 46.6 Å². The van der Waals surface area contributed by atoms with Gasteiger partial charge in [-0.25, -0.2) is 4.98 Å². The van der Waals surface area contributed by atoms with Crippen LogP contribution in [0.2, 0.25) is 0 Å². The average molecular weight is 444 g/mol. The number of carbonyl (C=O) groups is 2. The quantitative estimate of drug-likeness (QED) is 0.151. The number of benzene rings is 1. The number of hydrogen-bond donors (Lipinski definition) is 5. The number of anilines is 2. The van der Waals surface area contributed by atoms with Crippen LogP contribution in [0.5, 0.6) is 5.75 Å². The predicted molar refractivity (Wildman–Crippen MR) is 121 cm³/mol. The molecule has 1 heterocycles. The van der Waals surface area contributed by atoms with Crippen molar-refractivity contribution in [1.29, 1.82) is 0 Å². The first kappa shape index (κ1) is 24.9. The summed E-state index contributed by atoms with van der Waals surface area (Å²) in [5.74, 6) is -1.13. The third kappa shape index (κ3) is 7.38. The first-order chi connectivity index (χ1) is 15.3. The molecular weight excluding hydrogens is 414 g/mol. The highest BCUT2D eigenvalue weighted by Gasteiger charge is 2.16. The molecule has 0 fully saturated rings. The number of esters is 1. The van der Waals surface area contributed by atoms with Crippen molar-refractivity contribution in [3.8, 4) is 5.75 Å². The van der Waals surface area contributed by atoms with Crippen molar-refractivity contribution in [1.82, 2.24) is 4.98 Å². The van der Waals surface area contributed by atoms with Crippen molar-refractivity contribution < 1.29 is 19.4 Å². The highest BCUT2D eigenvalue weighted by molar-refractivity contribution is 5.94. The zero-order valence-corrected chi connectivity index (χ0v) is 17.9. The highest BCUT2D eigenvalue weighted by Crippen LogP contribution is 2.31. The van der Waals surface area contributed by atoms with Gasteiger partial charge in [0.25, 0.3) is 0 Å². The number of aromatic nitrogens is 1. The number of azo groups is 1. The smallest absolute Gasteiger partial charge is 0.316 e. The van der Waals surface area contributed by atoms with Crippen LogP contribution >= 0.6 is 0 Å². The van der Waals surface area contributed by atoms with Crippen LogP contribution in [-0.2, 0) is 9.59 Å². The lowest BCUT2D eigenvalue weighted by molar-refractivity contribution is -0.139. The lowest BCUT2D eigenvalue weighted by Crippen LogP contribution is -2.35. The van der Waals surface area contributed by atoms with Crippen LogP contribution < -0.4 is 27.3 Å². The molecule has 11 nitrogen and oxygen atoms in total. The van der Waals surface area contributed by atoms with Gasteiger partial charge in [-0.1, -0.05) is 18.6 Å². The molecule has 1 amide bonds. The maximum absolute atomic E-state index is 12.2. The van der Waals surface area contributed by atoms with Crippen molar-refractivity contribution in [2.75, 3.05) is 24.2 Å². The number of unbranched alkanes of at least 4 members (excludes halogenated alkanes) is 1. The summed E-state index contributed by atoms with van der Waals surface area (Å²) in [4.78, 5) is 28.2. The Bertz CT molecular complexity index is 951. The Morgan fingerprint density at radius 1 is 1.16 bits per heavy atom. The molecule has 0 saturated carbocycles. The maximum atomic E-state index is 12.2. The van der Waals surface area contributed by atoms with Gasteiger partial charge in [0.2, 0.25) is 5.91 Å². The lowest BCUT2D eigenvalue weighted by Gasteiger charge is -2.12. The first-order valence-corrected chi connectivity index (χ1v) is 10.2. The molecule has 0 aliphatic heterocycles. The average Bonchev–Trinajstić information content (AvgIpc) is 2.78. The standard InChI is InChI=1S/C21H29N7O4/c1-13(12-29)21(31)32-17-8-3-2-7-15(17)27-28-16-9-10-18(25-19(16)24)26-20(30)14(23)6-4-5-11-22/h2-3,7-10,13-14,29H,4-6,11-12,22-23H2,1H3,(H3,24,25,26,30)/b28-27+/t13-,14-/m0/s1. The monoisotopic (exact) mass is 443 g/mol. The van der Waals surface area contributed by atoms with Gasteiger partial charge in [-0.15, -0.1) is 10.2 Å². The molecule has 1 aromatic heterocycles. The Kier molecular flexibility index (Phi) is 9.67. The number of nitrogen functional groups attached to an aromatic ring is 1. The van der Waals surface area contributed by atoms with Crippen molar-refractivity contribution in [3.05, 3.63) is 36.4 Å². The molecule has 11 heteroatoms. The van der Waals surface area contributed by atoms with Crippen LogP contribution in [0.1, 0.15) is 26.2 Å². The van der Waals surface area contributed by atoms with Gasteiger partial charge in [0.15, 0.2) is 11.6 Å². The number of nitrogens with zero attached hydrogens (tertiary/aromatic N) is 3. The van der Waals surface area contributed by atoms with Crippen LogP contribution in [-0.4, -0.2) is 41.2 Å². The molecular formula is C21H29N7O4. The minimum atomic E-state index is -0.670.